The summed E-state index contributed by atoms with van der Waals surface area (Å²) in [4.78, 5) is 16.5. The molecule has 1 amide bonds. The van der Waals surface area contributed by atoms with E-state index in [4.69, 9.17) is 4.74 Å². The third kappa shape index (κ3) is 4.30. The molecule has 1 saturated heterocycles. The summed E-state index contributed by atoms with van der Waals surface area (Å²) in [5.74, 6) is 0.610. The second-order valence-corrected chi connectivity index (χ2v) is 6.24. The van der Waals surface area contributed by atoms with Gasteiger partial charge in [0.1, 0.15) is 5.82 Å². The monoisotopic (exact) mass is 375 g/mol. The van der Waals surface area contributed by atoms with Crippen LogP contribution in [0, 0.1) is 0 Å². The van der Waals surface area contributed by atoms with Gasteiger partial charge in [0.2, 0.25) is 0 Å². The summed E-state index contributed by atoms with van der Waals surface area (Å²) >= 11 is 3.38. The molecule has 0 spiro atoms. The molecule has 2 heterocycles. The van der Waals surface area contributed by atoms with Crippen LogP contribution in [0.4, 0.5) is 11.5 Å². The fourth-order valence-electron chi connectivity index (χ4n) is 2.44. The Morgan fingerprint density at radius 1 is 1.30 bits per heavy atom. The van der Waals surface area contributed by atoms with Crippen LogP contribution in [0.15, 0.2) is 47.1 Å². The topological polar surface area (TPSA) is 63.2 Å². The van der Waals surface area contributed by atoms with Crippen LogP contribution in [0.5, 0.6) is 0 Å². The van der Waals surface area contributed by atoms with Gasteiger partial charge in [-0.05, 0) is 53.0 Å². The summed E-state index contributed by atoms with van der Waals surface area (Å²) in [7, 11) is 0. The number of hydrogen-bond donors (Lipinski definition) is 2. The number of ether oxygens (including phenoxy) is 1. The lowest BCUT2D eigenvalue weighted by Crippen LogP contribution is -2.19. The molecular formula is C17H18BrN3O2. The van der Waals surface area contributed by atoms with Crippen molar-refractivity contribution in [1.82, 2.24) is 4.98 Å². The third-order valence-electron chi connectivity index (χ3n) is 3.67. The van der Waals surface area contributed by atoms with Gasteiger partial charge in [-0.1, -0.05) is 12.1 Å². The van der Waals surface area contributed by atoms with Gasteiger partial charge in [-0.3, -0.25) is 4.79 Å². The molecule has 1 aromatic heterocycles. The lowest BCUT2D eigenvalue weighted by Gasteiger charge is -2.12. The molecule has 1 fully saturated rings. The van der Waals surface area contributed by atoms with Crippen LogP contribution in [-0.4, -0.2) is 30.1 Å². The molecule has 0 bridgehead atoms. The van der Waals surface area contributed by atoms with E-state index in [1.54, 1.807) is 12.3 Å². The molecule has 23 heavy (non-hydrogen) atoms. The van der Waals surface area contributed by atoms with Gasteiger partial charge in [0.15, 0.2) is 0 Å². The van der Waals surface area contributed by atoms with Crippen LogP contribution < -0.4 is 10.6 Å². The largest absolute Gasteiger partial charge is 0.376 e. The number of anilines is 2. The maximum atomic E-state index is 12.2. The first-order valence-electron chi connectivity index (χ1n) is 7.60. The average molecular weight is 376 g/mol. The number of nitrogens with zero attached hydrogens (tertiary/aromatic N) is 1. The van der Waals surface area contributed by atoms with E-state index < -0.39 is 0 Å². The predicted molar refractivity (Wildman–Crippen MR) is 93.8 cm³/mol. The molecule has 1 aromatic carbocycles. The highest BCUT2D eigenvalue weighted by molar-refractivity contribution is 9.10. The van der Waals surface area contributed by atoms with Gasteiger partial charge in [-0.2, -0.15) is 0 Å². The molecule has 2 N–H and O–H groups in total. The first-order chi connectivity index (χ1) is 11.2. The molecule has 5 nitrogen and oxygen atoms in total. The highest BCUT2D eigenvalue weighted by Crippen LogP contribution is 2.18. The van der Waals surface area contributed by atoms with E-state index in [9.17, 15) is 4.79 Å². The number of amides is 1. The van der Waals surface area contributed by atoms with Gasteiger partial charge >= 0.3 is 0 Å². The Labute approximate surface area is 143 Å². The van der Waals surface area contributed by atoms with Crippen LogP contribution in [0.2, 0.25) is 0 Å². The maximum Gasteiger partial charge on any atom is 0.256 e. The summed E-state index contributed by atoms with van der Waals surface area (Å²) in [5, 5.41) is 6.09. The lowest BCUT2D eigenvalue weighted by molar-refractivity contribution is 0.102. The van der Waals surface area contributed by atoms with E-state index in [0.717, 1.165) is 36.3 Å². The number of carbonyl (C=O) groups excluding carboxylic acids is 1. The zero-order valence-electron chi connectivity index (χ0n) is 12.6. The number of carbonyl (C=O) groups is 1. The van der Waals surface area contributed by atoms with Gasteiger partial charge in [-0.15, -0.1) is 0 Å². The van der Waals surface area contributed by atoms with E-state index >= 15 is 0 Å². The first-order valence-corrected chi connectivity index (χ1v) is 8.39. The summed E-state index contributed by atoms with van der Waals surface area (Å²) in [5.41, 5.74) is 1.25. The number of pyridine rings is 1. The third-order valence-corrected chi connectivity index (χ3v) is 4.37. The van der Waals surface area contributed by atoms with Crippen LogP contribution in [0.1, 0.15) is 23.2 Å². The molecule has 6 heteroatoms. The molecule has 1 unspecified atom stereocenters. The zero-order valence-corrected chi connectivity index (χ0v) is 14.2. The Balaban J connectivity index is 1.56. The fourth-order valence-corrected chi connectivity index (χ4v) is 2.90. The average Bonchev–Trinajstić information content (AvgIpc) is 3.08. The number of benzene rings is 1. The second-order valence-electron chi connectivity index (χ2n) is 5.38. The molecule has 1 atom stereocenters. The minimum Gasteiger partial charge on any atom is -0.376 e. The maximum absolute atomic E-state index is 12.2. The van der Waals surface area contributed by atoms with Gasteiger partial charge in [0.05, 0.1) is 23.6 Å². The van der Waals surface area contributed by atoms with E-state index in [1.165, 1.54) is 0 Å². The van der Waals surface area contributed by atoms with Crippen molar-refractivity contribution >= 4 is 33.3 Å². The van der Waals surface area contributed by atoms with E-state index in [-0.39, 0.29) is 12.0 Å². The van der Waals surface area contributed by atoms with Crippen molar-refractivity contribution in [1.29, 1.82) is 0 Å². The van der Waals surface area contributed by atoms with Crippen molar-refractivity contribution in [2.24, 2.45) is 0 Å². The smallest absolute Gasteiger partial charge is 0.256 e. The Morgan fingerprint density at radius 2 is 2.17 bits per heavy atom. The van der Waals surface area contributed by atoms with Crippen molar-refractivity contribution in [3.8, 4) is 0 Å². The van der Waals surface area contributed by atoms with Gasteiger partial charge in [0.25, 0.3) is 5.91 Å². The van der Waals surface area contributed by atoms with Crippen LogP contribution in [0.25, 0.3) is 0 Å². The predicted octanol–water partition coefficient (Wildman–Crippen LogP) is 3.69. The van der Waals surface area contributed by atoms with E-state index in [0.29, 0.717) is 11.3 Å². The SMILES string of the molecule is O=C(Nc1ccc(NCC2CCCO2)nc1)c1ccccc1Br. The van der Waals surface area contributed by atoms with Crippen LogP contribution in [0.3, 0.4) is 0 Å². The molecular weight excluding hydrogens is 358 g/mol. The van der Waals surface area contributed by atoms with Gasteiger partial charge in [0, 0.05) is 17.6 Å². The second kappa shape index (κ2) is 7.57. The minimum absolute atomic E-state index is 0.167. The van der Waals surface area contributed by atoms with E-state index in [1.807, 2.05) is 30.3 Å². The Bertz CT molecular complexity index is 670. The number of aromatic nitrogens is 1. The molecule has 1 aliphatic heterocycles. The van der Waals surface area contributed by atoms with Crippen molar-refractivity contribution in [3.63, 3.8) is 0 Å². The van der Waals surface area contributed by atoms with Crippen molar-refractivity contribution in [2.75, 3.05) is 23.8 Å². The number of nitrogens with one attached hydrogen (secondary N) is 2. The molecule has 0 radical (unpaired) electrons. The Morgan fingerprint density at radius 3 is 2.87 bits per heavy atom. The fraction of sp³-hybridized carbons (Fsp3) is 0.294. The quantitative estimate of drug-likeness (QED) is 0.836. The van der Waals surface area contributed by atoms with Crippen molar-refractivity contribution in [2.45, 2.75) is 18.9 Å². The van der Waals surface area contributed by atoms with Gasteiger partial charge < -0.3 is 15.4 Å². The van der Waals surface area contributed by atoms with Crippen LogP contribution in [-0.2, 0) is 4.74 Å². The molecule has 0 aliphatic carbocycles. The van der Waals surface area contributed by atoms with Crippen molar-refractivity contribution in [3.05, 3.63) is 52.6 Å². The highest BCUT2D eigenvalue weighted by atomic mass is 79.9. The number of hydrogen-bond acceptors (Lipinski definition) is 4. The van der Waals surface area contributed by atoms with Crippen LogP contribution >= 0.6 is 15.9 Å². The van der Waals surface area contributed by atoms with Crippen molar-refractivity contribution < 1.29 is 9.53 Å². The summed E-state index contributed by atoms with van der Waals surface area (Å²) in [6, 6.07) is 11.0. The molecule has 3 rings (SSSR count). The molecule has 1 aliphatic rings. The zero-order chi connectivity index (χ0) is 16.1. The molecule has 2 aromatic rings. The highest BCUT2D eigenvalue weighted by Gasteiger charge is 2.15. The standard InChI is InChI=1S/C17H18BrN3O2/c18-15-6-2-1-5-14(15)17(22)21-12-7-8-16(19-10-12)20-11-13-4-3-9-23-13/h1-2,5-8,10,13H,3-4,9,11H2,(H,19,20)(H,21,22). The minimum atomic E-state index is -0.167. The molecule has 120 valence electrons. The first kappa shape index (κ1) is 16.0. The normalized spacial score (nSPS) is 17.0. The summed E-state index contributed by atoms with van der Waals surface area (Å²) < 4.78 is 6.32. The van der Waals surface area contributed by atoms with E-state index in [2.05, 4.69) is 31.5 Å². The number of rotatable bonds is 5. The van der Waals surface area contributed by atoms with Gasteiger partial charge in [-0.25, -0.2) is 4.98 Å². The summed E-state index contributed by atoms with van der Waals surface area (Å²) in [6.45, 7) is 1.61. The Kier molecular flexibility index (Phi) is 5.25. The summed E-state index contributed by atoms with van der Waals surface area (Å²) in [6.07, 6.45) is 4.13. The lowest BCUT2D eigenvalue weighted by atomic mass is 10.2. The Hall–Kier alpha value is -1.92. The molecule has 0 saturated carbocycles. The number of halogens is 1.